The van der Waals surface area contributed by atoms with Gasteiger partial charge in [0.25, 0.3) is 0 Å². The molecule has 1 radical (unpaired) electrons. The van der Waals surface area contributed by atoms with Crippen LogP contribution in [0.25, 0.3) is 0 Å². The third kappa shape index (κ3) is 6.68. The molecule has 2 heterocycles. The predicted octanol–water partition coefficient (Wildman–Crippen LogP) is 2.00. The number of aliphatic hydroxyl groups is 1. The van der Waals surface area contributed by atoms with Crippen LogP contribution in [0.1, 0.15) is 26.0 Å². The van der Waals surface area contributed by atoms with Crippen molar-refractivity contribution >= 4 is 11.7 Å². The van der Waals surface area contributed by atoms with Crippen molar-refractivity contribution in [2.24, 2.45) is 12.0 Å². The summed E-state index contributed by atoms with van der Waals surface area (Å²) in [7, 11) is 1.96. The number of allylic oxidation sites excluding steroid dienone is 2. The Bertz CT molecular complexity index is 488. The molecule has 0 saturated carbocycles. The Morgan fingerprint density at radius 3 is 2.60 bits per heavy atom. The fraction of sp³-hybridized carbons (Fsp3) is 0.429. The average molecular weight is 457 g/mol. The molecular weight excluding hydrogens is 436 g/mol. The van der Waals surface area contributed by atoms with Crippen molar-refractivity contribution in [3.63, 3.8) is 0 Å². The molecule has 0 saturated heterocycles. The zero-order chi connectivity index (χ0) is 14.3. The largest absolute Gasteiger partial charge is 0.532 e. The topological polar surface area (TPSA) is 68.1 Å². The molecule has 0 fully saturated rings. The smallest absolute Gasteiger partial charge is 0.316 e. The van der Waals surface area contributed by atoms with Crippen LogP contribution in [0.5, 0.6) is 0 Å². The molecule has 0 atom stereocenters. The van der Waals surface area contributed by atoms with Gasteiger partial charge in [-0.1, -0.05) is 6.20 Å². The maximum absolute atomic E-state index is 8.40. The van der Waals surface area contributed by atoms with Gasteiger partial charge >= 0.3 is 5.78 Å². The van der Waals surface area contributed by atoms with Crippen LogP contribution in [0.3, 0.4) is 0 Å². The van der Waals surface area contributed by atoms with Crippen LogP contribution in [0.4, 0.5) is 0 Å². The van der Waals surface area contributed by atoms with Gasteiger partial charge in [0.1, 0.15) is 5.90 Å². The number of ether oxygens (including phenoxy) is 1. The van der Waals surface area contributed by atoms with Gasteiger partial charge in [-0.15, -0.1) is 0 Å². The SMILES string of the molecule is CC(=[OH+])/C=C(/C)O.Cn1cc[c-]c1C1=NCCCO1.[Ir]. The Morgan fingerprint density at radius 2 is 2.25 bits per heavy atom. The molecule has 6 heteroatoms. The van der Waals surface area contributed by atoms with E-state index in [0.29, 0.717) is 0 Å². The van der Waals surface area contributed by atoms with Gasteiger partial charge in [-0.2, -0.15) is 12.1 Å². The second-order valence-electron chi connectivity index (χ2n) is 4.24. The maximum atomic E-state index is 8.40. The molecule has 0 aromatic carbocycles. The van der Waals surface area contributed by atoms with Crippen molar-refractivity contribution in [3.05, 3.63) is 35.9 Å². The van der Waals surface area contributed by atoms with Crippen LogP contribution in [0, 0.1) is 6.07 Å². The summed E-state index contributed by atoms with van der Waals surface area (Å²) >= 11 is 0. The monoisotopic (exact) mass is 457 g/mol. The summed E-state index contributed by atoms with van der Waals surface area (Å²) in [6, 6.07) is 4.95. The number of hydrogen-bond acceptors (Lipinski definition) is 3. The normalized spacial score (nSPS) is 14.2. The van der Waals surface area contributed by atoms with Crippen molar-refractivity contribution in [3.8, 4) is 0 Å². The summed E-state index contributed by atoms with van der Waals surface area (Å²) < 4.78 is 7.36. The zero-order valence-electron chi connectivity index (χ0n) is 11.9. The Balaban J connectivity index is 0.000000396. The van der Waals surface area contributed by atoms with Crippen LogP contribution < -0.4 is 0 Å². The van der Waals surface area contributed by atoms with Gasteiger partial charge in [0.15, 0.2) is 0 Å². The number of rotatable bonds is 2. The van der Waals surface area contributed by atoms with Gasteiger partial charge in [0.2, 0.25) is 0 Å². The van der Waals surface area contributed by atoms with E-state index in [0.717, 1.165) is 31.2 Å². The molecule has 2 N–H and O–H groups in total. The number of aliphatic imine (C=N–C) groups is 1. The average Bonchev–Trinajstić information content (AvgIpc) is 2.75. The van der Waals surface area contributed by atoms with E-state index in [1.807, 2.05) is 23.9 Å². The number of aromatic nitrogens is 1. The molecule has 20 heavy (non-hydrogen) atoms. The molecule has 0 unspecified atom stereocenters. The van der Waals surface area contributed by atoms with E-state index in [4.69, 9.17) is 14.6 Å². The minimum absolute atomic E-state index is 0. The minimum atomic E-state index is 0. The standard InChI is InChI=1S/C9H11N2O.C5H8O2.Ir/c1-11-6-2-4-8(11)9-10-5-3-7-12-9;1-4(6)3-5(2)7;/h2,6H,3,5,7H2,1H3;3,6H,1-2H3;/q-1;;/p+1/b;4-3-;. The molecule has 1 aromatic heterocycles. The van der Waals surface area contributed by atoms with E-state index < -0.39 is 0 Å². The van der Waals surface area contributed by atoms with E-state index in [1.54, 1.807) is 0 Å². The molecule has 0 aliphatic carbocycles. The fourth-order valence-corrected chi connectivity index (χ4v) is 1.52. The van der Waals surface area contributed by atoms with E-state index in [2.05, 4.69) is 11.1 Å². The number of ketones is 1. The van der Waals surface area contributed by atoms with Gasteiger partial charge in [-0.05, 0) is 26.1 Å². The van der Waals surface area contributed by atoms with Crippen molar-refractivity contribution in [2.75, 3.05) is 13.2 Å². The first-order valence-corrected chi connectivity index (χ1v) is 6.11. The van der Waals surface area contributed by atoms with Crippen molar-refractivity contribution in [2.45, 2.75) is 20.3 Å². The van der Waals surface area contributed by atoms with Crippen molar-refractivity contribution in [1.82, 2.24) is 4.57 Å². The van der Waals surface area contributed by atoms with Crippen LogP contribution in [-0.4, -0.2) is 39.3 Å². The van der Waals surface area contributed by atoms with Crippen LogP contribution in [0.15, 0.2) is 29.1 Å². The number of carbonyl (C=O) groups excluding carboxylic acids is 1. The molecule has 1 aliphatic rings. The first-order chi connectivity index (χ1) is 9.00. The molecule has 113 valence electrons. The summed E-state index contributed by atoms with van der Waals surface area (Å²) in [5.74, 6) is 0.980. The van der Waals surface area contributed by atoms with E-state index >= 15 is 0 Å². The molecule has 0 bridgehead atoms. The van der Waals surface area contributed by atoms with Gasteiger partial charge in [-0.3, -0.25) is 4.79 Å². The van der Waals surface area contributed by atoms with Crippen LogP contribution >= 0.6 is 0 Å². The molecule has 0 amide bonds. The fourth-order valence-electron chi connectivity index (χ4n) is 1.52. The van der Waals surface area contributed by atoms with E-state index in [-0.39, 0.29) is 31.6 Å². The minimum Gasteiger partial charge on any atom is -0.532 e. The number of hydrogen-bond donors (Lipinski definition) is 1. The Hall–Kier alpha value is -1.39. The number of aliphatic hydroxyl groups excluding tert-OH is 1. The molecule has 2 rings (SSSR count). The molecule has 1 aromatic rings. The van der Waals surface area contributed by atoms with Gasteiger partial charge in [-0.25, -0.2) is 0 Å². The molecule has 5 nitrogen and oxygen atoms in total. The van der Waals surface area contributed by atoms with Gasteiger partial charge < -0.3 is 19.4 Å². The third-order valence-electron chi connectivity index (χ3n) is 2.29. The first kappa shape index (κ1) is 18.6. The first-order valence-electron chi connectivity index (χ1n) is 6.11. The van der Waals surface area contributed by atoms with Gasteiger partial charge in [0, 0.05) is 26.7 Å². The van der Waals surface area contributed by atoms with Crippen molar-refractivity contribution < 1.29 is 34.7 Å². The summed E-state index contributed by atoms with van der Waals surface area (Å²) in [6.07, 6.45) is 4.24. The quantitative estimate of drug-likeness (QED) is 0.320. The number of aryl methyl sites for hydroxylation is 1. The predicted molar refractivity (Wildman–Crippen MR) is 75.2 cm³/mol. The molecule has 1 aliphatic heterocycles. The zero-order valence-corrected chi connectivity index (χ0v) is 14.3. The number of nitrogens with zero attached hydrogens (tertiary/aromatic N) is 2. The Morgan fingerprint density at radius 1 is 1.55 bits per heavy atom. The summed E-state index contributed by atoms with van der Waals surface area (Å²) in [5, 5.41) is 8.40. The van der Waals surface area contributed by atoms with Crippen LogP contribution in [-0.2, 0) is 31.9 Å². The summed E-state index contributed by atoms with van der Waals surface area (Å²) in [6.45, 7) is 4.64. The summed E-state index contributed by atoms with van der Waals surface area (Å²) in [4.78, 5) is 12.7. The third-order valence-corrected chi connectivity index (χ3v) is 2.29. The van der Waals surface area contributed by atoms with Crippen molar-refractivity contribution in [1.29, 1.82) is 0 Å². The van der Waals surface area contributed by atoms with Gasteiger partial charge in [0.05, 0.1) is 25.4 Å². The molecule has 0 spiro atoms. The van der Waals surface area contributed by atoms with E-state index in [1.165, 1.54) is 19.9 Å². The maximum Gasteiger partial charge on any atom is 0.316 e. The second-order valence-corrected chi connectivity index (χ2v) is 4.24. The summed E-state index contributed by atoms with van der Waals surface area (Å²) in [5.41, 5.74) is 0.940. The molecular formula is C14H20IrN2O3. The Labute approximate surface area is 132 Å². The van der Waals surface area contributed by atoms with E-state index in [9.17, 15) is 0 Å². The Kier molecular flexibility index (Phi) is 8.84. The van der Waals surface area contributed by atoms with Crippen LogP contribution in [0.2, 0.25) is 0 Å². The second kappa shape index (κ2) is 9.50.